The summed E-state index contributed by atoms with van der Waals surface area (Å²) in [5.41, 5.74) is 2.33. The van der Waals surface area contributed by atoms with Crippen molar-refractivity contribution in [3.8, 4) is 0 Å². The van der Waals surface area contributed by atoms with E-state index in [1.807, 2.05) is 41.8 Å². The molecule has 0 atom stereocenters. The van der Waals surface area contributed by atoms with Crippen molar-refractivity contribution in [1.29, 1.82) is 0 Å². The van der Waals surface area contributed by atoms with Gasteiger partial charge in [-0.3, -0.25) is 19.4 Å². The number of amides is 2. The van der Waals surface area contributed by atoms with E-state index in [2.05, 4.69) is 15.9 Å². The third-order valence-electron chi connectivity index (χ3n) is 5.49. The number of nitrogens with zero attached hydrogens (tertiary/aromatic N) is 4. The van der Waals surface area contributed by atoms with E-state index >= 15 is 0 Å². The maximum absolute atomic E-state index is 12.7. The molecule has 0 saturated carbocycles. The number of fused-ring (bicyclic) bond motifs is 1. The minimum atomic E-state index is 0.183. The molecule has 6 heteroatoms. The third kappa shape index (κ3) is 4.24. The van der Waals surface area contributed by atoms with Crippen LogP contribution in [-0.2, 0) is 16.0 Å². The van der Waals surface area contributed by atoms with Crippen molar-refractivity contribution in [2.24, 2.45) is 0 Å². The van der Waals surface area contributed by atoms with Crippen molar-refractivity contribution in [2.45, 2.75) is 20.3 Å². The molecule has 2 aliphatic rings. The smallest absolute Gasteiger partial charge is 0.241 e. The van der Waals surface area contributed by atoms with Crippen LogP contribution < -0.4 is 4.90 Å². The number of piperazine rings is 1. The number of rotatable bonds is 6. The van der Waals surface area contributed by atoms with Crippen molar-refractivity contribution in [3.63, 3.8) is 0 Å². The van der Waals surface area contributed by atoms with Crippen molar-refractivity contribution >= 4 is 17.5 Å². The van der Waals surface area contributed by atoms with Gasteiger partial charge in [0.25, 0.3) is 0 Å². The average molecular weight is 358 g/mol. The van der Waals surface area contributed by atoms with Gasteiger partial charge in [-0.05, 0) is 31.9 Å². The molecular weight excluding hydrogens is 328 g/mol. The lowest BCUT2D eigenvalue weighted by Gasteiger charge is -2.35. The first kappa shape index (κ1) is 18.9. The molecule has 0 aromatic heterocycles. The molecule has 1 aromatic rings. The lowest BCUT2D eigenvalue weighted by molar-refractivity contribution is -0.132. The van der Waals surface area contributed by atoms with Crippen molar-refractivity contribution in [1.82, 2.24) is 14.7 Å². The van der Waals surface area contributed by atoms with Crippen LogP contribution in [0.4, 0.5) is 5.69 Å². The highest BCUT2D eigenvalue weighted by atomic mass is 16.2. The summed E-state index contributed by atoms with van der Waals surface area (Å²) < 4.78 is 0. The summed E-state index contributed by atoms with van der Waals surface area (Å²) in [6.07, 6.45) is 0.948. The fraction of sp³-hybridized carbons (Fsp3) is 0.600. The SMILES string of the molecule is CCN(CC)C(=O)CN1CCN(CC(=O)N2CCc3ccccc32)CC1. The molecular formula is C20H30N4O2. The maximum Gasteiger partial charge on any atom is 0.241 e. The molecule has 0 unspecified atom stereocenters. The van der Waals surface area contributed by atoms with Gasteiger partial charge in [0.1, 0.15) is 0 Å². The van der Waals surface area contributed by atoms with Gasteiger partial charge in [-0.25, -0.2) is 0 Å². The summed E-state index contributed by atoms with van der Waals surface area (Å²) in [6.45, 7) is 10.7. The van der Waals surface area contributed by atoms with E-state index in [4.69, 9.17) is 0 Å². The Hall–Kier alpha value is -1.92. The molecule has 1 fully saturated rings. The largest absolute Gasteiger partial charge is 0.342 e. The minimum absolute atomic E-state index is 0.183. The van der Waals surface area contributed by atoms with Gasteiger partial charge in [-0.1, -0.05) is 18.2 Å². The molecule has 142 valence electrons. The Labute approximate surface area is 156 Å². The van der Waals surface area contributed by atoms with Crippen LogP contribution in [0.2, 0.25) is 0 Å². The quantitative estimate of drug-likeness (QED) is 0.763. The van der Waals surface area contributed by atoms with Crippen LogP contribution in [0.15, 0.2) is 24.3 Å². The fourth-order valence-corrected chi connectivity index (χ4v) is 3.85. The van der Waals surface area contributed by atoms with Crippen LogP contribution in [0.1, 0.15) is 19.4 Å². The fourth-order valence-electron chi connectivity index (χ4n) is 3.85. The summed E-state index contributed by atoms with van der Waals surface area (Å²) in [4.78, 5) is 33.2. The molecule has 0 spiro atoms. The molecule has 1 saturated heterocycles. The Balaban J connectivity index is 1.46. The zero-order valence-electron chi connectivity index (χ0n) is 16.0. The lowest BCUT2D eigenvalue weighted by atomic mass is 10.2. The van der Waals surface area contributed by atoms with Gasteiger partial charge >= 0.3 is 0 Å². The summed E-state index contributed by atoms with van der Waals surface area (Å²) >= 11 is 0. The minimum Gasteiger partial charge on any atom is -0.342 e. The first-order valence-corrected chi connectivity index (χ1v) is 9.73. The molecule has 6 nitrogen and oxygen atoms in total. The lowest BCUT2D eigenvalue weighted by Crippen LogP contribution is -2.52. The van der Waals surface area contributed by atoms with Gasteiger partial charge in [-0.2, -0.15) is 0 Å². The van der Waals surface area contributed by atoms with Gasteiger partial charge < -0.3 is 9.80 Å². The van der Waals surface area contributed by atoms with E-state index in [1.54, 1.807) is 0 Å². The predicted molar refractivity (Wildman–Crippen MR) is 103 cm³/mol. The molecule has 0 aliphatic carbocycles. The van der Waals surface area contributed by atoms with E-state index in [9.17, 15) is 9.59 Å². The van der Waals surface area contributed by atoms with Crippen molar-refractivity contribution in [3.05, 3.63) is 29.8 Å². The first-order chi connectivity index (χ1) is 12.6. The average Bonchev–Trinajstić information content (AvgIpc) is 3.08. The number of hydrogen-bond donors (Lipinski definition) is 0. The van der Waals surface area contributed by atoms with E-state index in [-0.39, 0.29) is 11.8 Å². The van der Waals surface area contributed by atoms with E-state index in [0.717, 1.165) is 57.9 Å². The topological polar surface area (TPSA) is 47.1 Å². The molecule has 2 heterocycles. The number of para-hydroxylation sites is 1. The highest BCUT2D eigenvalue weighted by molar-refractivity contribution is 5.96. The Bertz CT molecular complexity index is 636. The molecule has 26 heavy (non-hydrogen) atoms. The molecule has 1 aromatic carbocycles. The Morgan fingerprint density at radius 1 is 0.923 bits per heavy atom. The number of hydrogen-bond acceptors (Lipinski definition) is 4. The number of likely N-dealkylation sites (N-methyl/N-ethyl adjacent to an activating group) is 1. The number of carbonyl (C=O) groups excluding carboxylic acids is 2. The monoisotopic (exact) mass is 358 g/mol. The Morgan fingerprint density at radius 3 is 2.19 bits per heavy atom. The normalized spacial score (nSPS) is 18.0. The van der Waals surface area contributed by atoms with Crippen LogP contribution >= 0.6 is 0 Å². The van der Waals surface area contributed by atoms with E-state index in [1.165, 1.54) is 5.56 Å². The predicted octanol–water partition coefficient (Wildman–Crippen LogP) is 1.06. The van der Waals surface area contributed by atoms with Crippen LogP contribution in [0.5, 0.6) is 0 Å². The molecule has 0 radical (unpaired) electrons. The summed E-state index contributed by atoms with van der Waals surface area (Å²) in [5, 5.41) is 0. The third-order valence-corrected chi connectivity index (χ3v) is 5.49. The van der Waals surface area contributed by atoms with Crippen molar-refractivity contribution < 1.29 is 9.59 Å². The molecule has 2 amide bonds. The second-order valence-electron chi connectivity index (χ2n) is 7.04. The van der Waals surface area contributed by atoms with Gasteiger partial charge in [0, 0.05) is 51.5 Å². The summed E-state index contributed by atoms with van der Waals surface area (Å²) in [7, 11) is 0. The van der Waals surface area contributed by atoms with Crippen LogP contribution in [0.3, 0.4) is 0 Å². The molecule has 0 bridgehead atoms. The van der Waals surface area contributed by atoms with Crippen LogP contribution in [0, 0.1) is 0 Å². The van der Waals surface area contributed by atoms with Gasteiger partial charge in [0.05, 0.1) is 13.1 Å². The Morgan fingerprint density at radius 2 is 1.54 bits per heavy atom. The van der Waals surface area contributed by atoms with Crippen LogP contribution in [0.25, 0.3) is 0 Å². The second-order valence-corrected chi connectivity index (χ2v) is 7.04. The number of anilines is 1. The summed E-state index contributed by atoms with van der Waals surface area (Å²) in [6, 6.07) is 8.17. The van der Waals surface area contributed by atoms with Crippen LogP contribution in [-0.4, -0.2) is 85.4 Å². The summed E-state index contributed by atoms with van der Waals surface area (Å²) in [5.74, 6) is 0.385. The van der Waals surface area contributed by atoms with Gasteiger partial charge in [0.2, 0.25) is 11.8 Å². The highest BCUT2D eigenvalue weighted by Crippen LogP contribution is 2.27. The molecule has 2 aliphatic heterocycles. The maximum atomic E-state index is 12.7. The Kier molecular flexibility index (Phi) is 6.27. The standard InChI is InChI=1S/C20H30N4O2/c1-3-23(4-2)19(25)15-21-11-13-22(14-12-21)16-20(26)24-10-9-17-7-5-6-8-18(17)24/h5-8H,3-4,9-16H2,1-2H3. The molecule has 0 N–H and O–H groups in total. The van der Waals surface area contributed by atoms with E-state index < -0.39 is 0 Å². The zero-order valence-corrected chi connectivity index (χ0v) is 16.0. The van der Waals surface area contributed by atoms with Crippen molar-refractivity contribution in [2.75, 3.05) is 63.8 Å². The number of benzene rings is 1. The first-order valence-electron chi connectivity index (χ1n) is 9.73. The van der Waals surface area contributed by atoms with Gasteiger partial charge in [0.15, 0.2) is 0 Å². The molecule has 3 rings (SSSR count). The van der Waals surface area contributed by atoms with Gasteiger partial charge in [-0.15, -0.1) is 0 Å². The second kappa shape index (κ2) is 8.64. The highest BCUT2D eigenvalue weighted by Gasteiger charge is 2.27. The zero-order chi connectivity index (χ0) is 18.5. The van der Waals surface area contributed by atoms with E-state index in [0.29, 0.717) is 13.1 Å². The number of carbonyl (C=O) groups is 2.